The minimum absolute atomic E-state index is 0. The van der Waals surface area contributed by atoms with Crippen LogP contribution in [0, 0.1) is 13.8 Å². The summed E-state index contributed by atoms with van der Waals surface area (Å²) in [6.07, 6.45) is 5.53. The van der Waals surface area contributed by atoms with Crippen LogP contribution in [0.1, 0.15) is 28.1 Å². The molecule has 3 aromatic rings. The number of aromatic nitrogens is 3. The van der Waals surface area contributed by atoms with Crippen LogP contribution < -0.4 is 10.6 Å². The van der Waals surface area contributed by atoms with Gasteiger partial charge in [0.15, 0.2) is 5.96 Å². The smallest absolute Gasteiger partial charge is 0.191 e. The Morgan fingerprint density at radius 3 is 2.70 bits per heavy atom. The second-order valence-corrected chi connectivity index (χ2v) is 7.18. The fourth-order valence-electron chi connectivity index (χ4n) is 2.58. The number of thiazole rings is 1. The number of imidazole rings is 1. The van der Waals surface area contributed by atoms with E-state index in [-0.39, 0.29) is 24.0 Å². The lowest BCUT2D eigenvalue weighted by Gasteiger charge is -2.12. The molecule has 6 nitrogen and oxygen atoms in total. The largest absolute Gasteiger partial charge is 0.357 e. The van der Waals surface area contributed by atoms with Crippen molar-refractivity contribution in [3.8, 4) is 5.69 Å². The molecule has 3 rings (SSSR count). The number of hydrogen-bond donors (Lipinski definition) is 2. The van der Waals surface area contributed by atoms with E-state index in [4.69, 9.17) is 4.99 Å². The van der Waals surface area contributed by atoms with Gasteiger partial charge in [-0.2, -0.15) is 0 Å². The molecule has 0 unspecified atom stereocenters. The number of benzene rings is 1. The maximum Gasteiger partial charge on any atom is 0.191 e. The number of nitrogens with zero attached hydrogens (tertiary/aromatic N) is 4. The highest BCUT2D eigenvalue weighted by atomic mass is 127. The highest BCUT2D eigenvalue weighted by Crippen LogP contribution is 2.16. The van der Waals surface area contributed by atoms with Gasteiger partial charge in [-0.1, -0.05) is 18.2 Å². The summed E-state index contributed by atoms with van der Waals surface area (Å²) >= 11 is 1.72. The van der Waals surface area contributed by atoms with E-state index in [2.05, 4.69) is 46.6 Å². The SMILES string of the molecule is CCNC(=NCc1ccccc1-n1ccnc1)NCc1nc(C)c(C)s1.I. The fraction of sp³-hybridized carbons (Fsp3) is 0.316. The molecule has 1 aromatic carbocycles. The zero-order chi connectivity index (χ0) is 18.4. The zero-order valence-corrected chi connectivity index (χ0v) is 18.9. The highest BCUT2D eigenvalue weighted by Gasteiger charge is 2.06. The fourth-order valence-corrected chi connectivity index (χ4v) is 3.45. The van der Waals surface area contributed by atoms with Crippen LogP contribution >= 0.6 is 35.3 Å². The first kappa shape index (κ1) is 21.4. The maximum absolute atomic E-state index is 4.74. The Balaban J connectivity index is 0.00000261. The van der Waals surface area contributed by atoms with Gasteiger partial charge in [-0.25, -0.2) is 15.0 Å². The average Bonchev–Trinajstić information content (AvgIpc) is 3.28. The lowest BCUT2D eigenvalue weighted by atomic mass is 10.2. The Labute approximate surface area is 181 Å². The van der Waals surface area contributed by atoms with Crippen LogP contribution in [-0.4, -0.2) is 27.0 Å². The first-order valence-electron chi connectivity index (χ1n) is 8.68. The molecule has 0 amide bonds. The molecule has 0 bridgehead atoms. The predicted molar refractivity (Wildman–Crippen MR) is 122 cm³/mol. The topological polar surface area (TPSA) is 67.1 Å². The lowest BCUT2D eigenvalue weighted by molar-refractivity contribution is 0.808. The highest BCUT2D eigenvalue weighted by molar-refractivity contribution is 14.0. The quantitative estimate of drug-likeness (QED) is 0.310. The van der Waals surface area contributed by atoms with Gasteiger partial charge in [0.05, 0.1) is 30.8 Å². The zero-order valence-electron chi connectivity index (χ0n) is 15.8. The minimum Gasteiger partial charge on any atom is -0.357 e. The van der Waals surface area contributed by atoms with E-state index >= 15 is 0 Å². The van der Waals surface area contributed by atoms with Gasteiger partial charge in [0.1, 0.15) is 5.01 Å². The van der Waals surface area contributed by atoms with Crippen LogP contribution in [-0.2, 0) is 13.1 Å². The molecule has 0 saturated heterocycles. The van der Waals surface area contributed by atoms with Gasteiger partial charge in [-0.15, -0.1) is 35.3 Å². The third kappa shape index (κ3) is 5.77. The molecule has 0 aliphatic carbocycles. The van der Waals surface area contributed by atoms with Gasteiger partial charge < -0.3 is 15.2 Å². The molecule has 0 fully saturated rings. The Morgan fingerprint density at radius 1 is 1.22 bits per heavy atom. The molecule has 0 aliphatic heterocycles. The van der Waals surface area contributed by atoms with Crippen molar-refractivity contribution in [2.45, 2.75) is 33.9 Å². The van der Waals surface area contributed by atoms with Crippen LogP contribution in [0.25, 0.3) is 5.69 Å². The minimum atomic E-state index is 0. The molecular weight excluding hydrogens is 471 g/mol. The summed E-state index contributed by atoms with van der Waals surface area (Å²) in [5.41, 5.74) is 3.34. The van der Waals surface area contributed by atoms with Crippen molar-refractivity contribution >= 4 is 41.3 Å². The van der Waals surface area contributed by atoms with Crippen molar-refractivity contribution in [2.75, 3.05) is 6.54 Å². The third-order valence-corrected chi connectivity index (χ3v) is 5.08. The Kier molecular flexibility index (Phi) is 8.23. The van der Waals surface area contributed by atoms with Crippen LogP contribution in [0.2, 0.25) is 0 Å². The first-order valence-corrected chi connectivity index (χ1v) is 9.50. The summed E-state index contributed by atoms with van der Waals surface area (Å²) in [5.74, 6) is 0.790. The third-order valence-electron chi connectivity index (χ3n) is 4.01. The second kappa shape index (κ2) is 10.4. The molecule has 0 aliphatic rings. The van der Waals surface area contributed by atoms with E-state index in [0.29, 0.717) is 13.1 Å². The van der Waals surface area contributed by atoms with Crippen molar-refractivity contribution < 1.29 is 0 Å². The van der Waals surface area contributed by atoms with Crippen molar-refractivity contribution in [1.82, 2.24) is 25.2 Å². The molecule has 2 aromatic heterocycles. The van der Waals surface area contributed by atoms with Gasteiger partial charge in [0.25, 0.3) is 0 Å². The van der Waals surface area contributed by atoms with Crippen LogP contribution in [0.15, 0.2) is 48.0 Å². The van der Waals surface area contributed by atoms with Crippen molar-refractivity contribution in [1.29, 1.82) is 0 Å². The van der Waals surface area contributed by atoms with Gasteiger partial charge in [-0.05, 0) is 32.4 Å². The van der Waals surface area contributed by atoms with Crippen LogP contribution in [0.3, 0.4) is 0 Å². The summed E-state index contributed by atoms with van der Waals surface area (Å²) in [4.78, 5) is 14.7. The summed E-state index contributed by atoms with van der Waals surface area (Å²) in [6.45, 7) is 8.28. The predicted octanol–water partition coefficient (Wildman–Crippen LogP) is 3.82. The van der Waals surface area contributed by atoms with E-state index < -0.39 is 0 Å². The lowest BCUT2D eigenvalue weighted by Crippen LogP contribution is -2.36. The van der Waals surface area contributed by atoms with E-state index in [1.54, 1.807) is 23.9 Å². The summed E-state index contributed by atoms with van der Waals surface area (Å²) in [5, 5.41) is 7.74. The van der Waals surface area contributed by atoms with Gasteiger partial charge in [0.2, 0.25) is 0 Å². The first-order chi connectivity index (χ1) is 12.7. The molecule has 0 radical (unpaired) electrons. The number of hydrogen-bond acceptors (Lipinski definition) is 4. The number of rotatable bonds is 6. The van der Waals surface area contributed by atoms with Crippen LogP contribution in [0.4, 0.5) is 0 Å². The normalized spacial score (nSPS) is 11.1. The number of nitrogens with one attached hydrogen (secondary N) is 2. The number of aryl methyl sites for hydroxylation is 2. The molecule has 8 heteroatoms. The van der Waals surface area contributed by atoms with E-state index in [9.17, 15) is 0 Å². The molecular formula is C19H25IN6S. The van der Waals surface area contributed by atoms with Crippen molar-refractivity contribution in [3.63, 3.8) is 0 Å². The molecule has 0 saturated carbocycles. The Morgan fingerprint density at radius 2 is 2.04 bits per heavy atom. The molecule has 0 spiro atoms. The molecule has 27 heavy (non-hydrogen) atoms. The van der Waals surface area contributed by atoms with Crippen molar-refractivity contribution in [2.24, 2.45) is 4.99 Å². The molecule has 0 atom stereocenters. The average molecular weight is 496 g/mol. The van der Waals surface area contributed by atoms with Crippen LogP contribution in [0.5, 0.6) is 0 Å². The summed E-state index contributed by atoms with van der Waals surface area (Å²) < 4.78 is 2.01. The molecule has 144 valence electrons. The van der Waals surface area contributed by atoms with E-state index in [1.165, 1.54) is 4.88 Å². The second-order valence-electron chi connectivity index (χ2n) is 5.90. The summed E-state index contributed by atoms with van der Waals surface area (Å²) in [7, 11) is 0. The van der Waals surface area contributed by atoms with Gasteiger partial charge >= 0.3 is 0 Å². The standard InChI is InChI=1S/C19H24N6S.HI/c1-4-21-19(23-12-18-24-14(2)15(3)26-18)22-11-16-7-5-6-8-17(16)25-10-9-20-13-25;/h5-10,13H,4,11-12H2,1-3H3,(H2,21,22,23);1H. The van der Waals surface area contributed by atoms with E-state index in [1.807, 2.05) is 29.8 Å². The number of aliphatic imine (C=N–C) groups is 1. The monoisotopic (exact) mass is 496 g/mol. The van der Waals surface area contributed by atoms with Gasteiger partial charge in [0, 0.05) is 23.8 Å². The maximum atomic E-state index is 4.74. The Hall–Kier alpha value is -1.94. The number of guanidine groups is 1. The summed E-state index contributed by atoms with van der Waals surface area (Å²) in [6, 6.07) is 8.23. The molecule has 2 heterocycles. The number of halogens is 1. The van der Waals surface area contributed by atoms with Gasteiger partial charge in [-0.3, -0.25) is 0 Å². The number of para-hydroxylation sites is 1. The Bertz CT molecular complexity index is 853. The van der Waals surface area contributed by atoms with E-state index in [0.717, 1.165) is 34.5 Å². The van der Waals surface area contributed by atoms with Crippen molar-refractivity contribution in [3.05, 3.63) is 64.1 Å². The molecule has 2 N–H and O–H groups in total.